The van der Waals surface area contributed by atoms with Crippen molar-refractivity contribution in [2.75, 3.05) is 18.9 Å². The second-order valence-corrected chi connectivity index (χ2v) is 6.10. The highest BCUT2D eigenvalue weighted by Crippen LogP contribution is 2.14. The van der Waals surface area contributed by atoms with Gasteiger partial charge in [0.15, 0.2) is 0 Å². The van der Waals surface area contributed by atoms with E-state index in [9.17, 15) is 4.79 Å². The van der Waals surface area contributed by atoms with Crippen LogP contribution in [0.3, 0.4) is 0 Å². The minimum absolute atomic E-state index is 0.0887. The molecule has 2 aromatic rings. The van der Waals surface area contributed by atoms with Gasteiger partial charge in [0.1, 0.15) is 5.01 Å². The van der Waals surface area contributed by atoms with Crippen LogP contribution in [0.15, 0.2) is 6.20 Å². The molecule has 0 atom stereocenters. The molecule has 1 amide bonds. The number of aryl methyl sites for hydroxylation is 2. The molecule has 0 fully saturated rings. The Bertz CT molecular complexity index is 620. The molecule has 7 nitrogen and oxygen atoms in total. The predicted octanol–water partition coefficient (Wildman–Crippen LogP) is 1.44. The number of nitrogens with one attached hydrogen (secondary N) is 1. The van der Waals surface area contributed by atoms with E-state index in [0.717, 1.165) is 22.8 Å². The van der Waals surface area contributed by atoms with Crippen molar-refractivity contribution in [3.8, 4) is 0 Å². The van der Waals surface area contributed by atoms with Crippen molar-refractivity contribution >= 4 is 22.4 Å². The third-order valence-electron chi connectivity index (χ3n) is 3.13. The van der Waals surface area contributed by atoms with Crippen molar-refractivity contribution in [1.29, 1.82) is 0 Å². The summed E-state index contributed by atoms with van der Waals surface area (Å²) < 4.78 is 1.95. The van der Waals surface area contributed by atoms with Gasteiger partial charge in [-0.05, 0) is 27.8 Å². The number of carbonyl (C=O) groups excluding carboxylic acids is 1. The van der Waals surface area contributed by atoms with E-state index in [-0.39, 0.29) is 5.91 Å². The first-order valence-corrected chi connectivity index (χ1v) is 7.61. The normalized spacial score (nSPS) is 11.1. The van der Waals surface area contributed by atoms with Gasteiger partial charge in [-0.3, -0.25) is 19.7 Å². The van der Waals surface area contributed by atoms with E-state index in [0.29, 0.717) is 18.2 Å². The van der Waals surface area contributed by atoms with E-state index in [1.165, 1.54) is 11.3 Å². The van der Waals surface area contributed by atoms with Crippen LogP contribution in [0.1, 0.15) is 23.2 Å². The maximum Gasteiger partial charge on any atom is 0.240 e. The van der Waals surface area contributed by atoms with Gasteiger partial charge in [-0.15, -0.1) is 10.2 Å². The average molecular weight is 308 g/mol. The van der Waals surface area contributed by atoms with Gasteiger partial charge in [-0.1, -0.05) is 11.3 Å². The van der Waals surface area contributed by atoms with E-state index >= 15 is 0 Å². The molecule has 0 saturated carbocycles. The van der Waals surface area contributed by atoms with Gasteiger partial charge in [-0.25, -0.2) is 0 Å². The number of anilines is 1. The summed E-state index contributed by atoms with van der Waals surface area (Å²) in [5.41, 5.74) is 2.28. The fourth-order valence-corrected chi connectivity index (χ4v) is 2.66. The van der Waals surface area contributed by atoms with Crippen molar-refractivity contribution in [2.24, 2.45) is 0 Å². The second kappa shape index (κ2) is 6.77. The fraction of sp³-hybridized carbons (Fsp3) is 0.538. The summed E-state index contributed by atoms with van der Waals surface area (Å²) >= 11 is 1.37. The lowest BCUT2D eigenvalue weighted by molar-refractivity contribution is -0.117. The lowest BCUT2D eigenvalue weighted by atomic mass is 10.2. The van der Waals surface area contributed by atoms with Gasteiger partial charge in [0, 0.05) is 24.3 Å². The van der Waals surface area contributed by atoms with Gasteiger partial charge in [0.2, 0.25) is 11.0 Å². The Hall–Kier alpha value is -1.80. The van der Waals surface area contributed by atoms with Crippen molar-refractivity contribution < 1.29 is 4.79 Å². The Labute approximate surface area is 128 Å². The zero-order valence-corrected chi connectivity index (χ0v) is 13.6. The minimum atomic E-state index is -0.0887. The summed E-state index contributed by atoms with van der Waals surface area (Å²) in [7, 11) is 1.91. The van der Waals surface area contributed by atoms with Gasteiger partial charge in [0.25, 0.3) is 0 Å². The van der Waals surface area contributed by atoms with Gasteiger partial charge in [-0.2, -0.15) is 5.10 Å². The van der Waals surface area contributed by atoms with E-state index < -0.39 is 0 Å². The third-order valence-corrected chi connectivity index (χ3v) is 3.88. The molecular weight excluding hydrogens is 288 g/mol. The molecule has 2 aromatic heterocycles. The molecule has 21 heavy (non-hydrogen) atoms. The van der Waals surface area contributed by atoms with E-state index in [1.807, 2.05) is 36.7 Å². The Morgan fingerprint density at radius 2 is 2.19 bits per heavy atom. The monoisotopic (exact) mass is 308 g/mol. The molecule has 8 heteroatoms. The molecule has 0 aliphatic rings. The maximum atomic E-state index is 11.9. The summed E-state index contributed by atoms with van der Waals surface area (Å²) in [6, 6.07) is 0. The number of hydrogen-bond acceptors (Lipinski definition) is 6. The standard InChI is InChI=1S/C13H20N6OS/c1-5-19-9(2)11(6-14-19)7-18(4)8-12(20)15-13-17-16-10(3)21-13/h6H,5,7-8H2,1-4H3,(H,15,17,20). The predicted molar refractivity (Wildman–Crippen MR) is 82.2 cm³/mol. The molecule has 0 radical (unpaired) electrons. The Morgan fingerprint density at radius 1 is 1.43 bits per heavy atom. The molecule has 0 aliphatic carbocycles. The number of hydrogen-bond donors (Lipinski definition) is 1. The summed E-state index contributed by atoms with van der Waals surface area (Å²) in [5, 5.41) is 16.2. The number of nitrogens with zero attached hydrogens (tertiary/aromatic N) is 5. The Balaban J connectivity index is 1.87. The SMILES string of the molecule is CCn1ncc(CN(C)CC(=O)Nc2nnc(C)s2)c1C. The molecule has 0 aliphatic heterocycles. The van der Waals surface area contributed by atoms with Crippen LogP contribution in [0.5, 0.6) is 0 Å². The van der Waals surface area contributed by atoms with Crippen LogP contribution in [0.2, 0.25) is 0 Å². The van der Waals surface area contributed by atoms with Crippen LogP contribution in [-0.4, -0.2) is 44.4 Å². The lowest BCUT2D eigenvalue weighted by Gasteiger charge is -2.15. The van der Waals surface area contributed by atoms with E-state index in [1.54, 1.807) is 0 Å². The summed E-state index contributed by atoms with van der Waals surface area (Å²) in [4.78, 5) is 13.9. The molecule has 0 spiro atoms. The van der Waals surface area contributed by atoms with Gasteiger partial charge in [0.05, 0.1) is 12.7 Å². The Kier molecular flexibility index (Phi) is 5.03. The quantitative estimate of drug-likeness (QED) is 0.874. The molecule has 0 unspecified atom stereocenters. The van der Waals surface area contributed by atoms with Crippen molar-refractivity contribution in [1.82, 2.24) is 24.9 Å². The molecule has 0 aromatic carbocycles. The lowest BCUT2D eigenvalue weighted by Crippen LogP contribution is -2.30. The number of rotatable bonds is 6. The molecular formula is C13H20N6OS. The zero-order chi connectivity index (χ0) is 15.4. The molecule has 2 rings (SSSR count). The minimum Gasteiger partial charge on any atom is -0.299 e. The van der Waals surface area contributed by atoms with Crippen LogP contribution in [0.25, 0.3) is 0 Å². The van der Waals surface area contributed by atoms with Gasteiger partial charge >= 0.3 is 0 Å². The smallest absolute Gasteiger partial charge is 0.240 e. The summed E-state index contributed by atoms with van der Waals surface area (Å²) in [5.74, 6) is -0.0887. The highest BCUT2D eigenvalue weighted by molar-refractivity contribution is 7.15. The second-order valence-electron chi connectivity index (χ2n) is 4.92. The van der Waals surface area contributed by atoms with E-state index in [4.69, 9.17) is 0 Å². The molecule has 2 heterocycles. The first kappa shape index (κ1) is 15.6. The fourth-order valence-electron chi connectivity index (χ4n) is 2.06. The van der Waals surface area contributed by atoms with Crippen LogP contribution < -0.4 is 5.32 Å². The average Bonchev–Trinajstić information content (AvgIpc) is 2.96. The maximum absolute atomic E-state index is 11.9. The van der Waals surface area contributed by atoms with E-state index in [2.05, 4.69) is 27.5 Å². The number of amides is 1. The van der Waals surface area contributed by atoms with Crippen molar-refractivity contribution in [3.63, 3.8) is 0 Å². The third kappa shape index (κ3) is 4.08. The van der Waals surface area contributed by atoms with Crippen LogP contribution in [0, 0.1) is 13.8 Å². The topological polar surface area (TPSA) is 75.9 Å². The first-order chi connectivity index (χ1) is 9.99. The summed E-state index contributed by atoms with van der Waals surface area (Å²) in [6.45, 7) is 7.80. The number of carbonyl (C=O) groups is 1. The molecule has 114 valence electrons. The number of likely N-dealkylation sites (N-methyl/N-ethyl adjacent to an activating group) is 1. The highest BCUT2D eigenvalue weighted by Gasteiger charge is 2.12. The molecule has 0 bridgehead atoms. The largest absolute Gasteiger partial charge is 0.299 e. The summed E-state index contributed by atoms with van der Waals surface area (Å²) in [6.07, 6.45) is 1.86. The first-order valence-electron chi connectivity index (χ1n) is 6.79. The molecule has 0 saturated heterocycles. The number of aromatic nitrogens is 4. The highest BCUT2D eigenvalue weighted by atomic mass is 32.1. The van der Waals surface area contributed by atoms with Crippen molar-refractivity contribution in [2.45, 2.75) is 33.9 Å². The van der Waals surface area contributed by atoms with Crippen LogP contribution in [-0.2, 0) is 17.9 Å². The molecule has 1 N–H and O–H groups in total. The van der Waals surface area contributed by atoms with Crippen LogP contribution >= 0.6 is 11.3 Å². The zero-order valence-electron chi connectivity index (χ0n) is 12.8. The van der Waals surface area contributed by atoms with Crippen LogP contribution in [0.4, 0.5) is 5.13 Å². The Morgan fingerprint density at radius 3 is 2.76 bits per heavy atom. The van der Waals surface area contributed by atoms with Crippen molar-refractivity contribution in [3.05, 3.63) is 22.5 Å². The van der Waals surface area contributed by atoms with Gasteiger partial charge < -0.3 is 0 Å².